The van der Waals surface area contributed by atoms with E-state index >= 15 is 0 Å². The molecule has 0 spiro atoms. The Kier molecular flexibility index (Phi) is 4.32. The predicted molar refractivity (Wildman–Crippen MR) is 76.7 cm³/mol. The van der Waals surface area contributed by atoms with Crippen molar-refractivity contribution < 1.29 is 14.3 Å². The fraction of sp³-hybridized carbons (Fsp3) is 0. The smallest absolute Gasteiger partial charge is 0.266 e. The minimum Gasteiger partial charge on any atom is -0.508 e. The van der Waals surface area contributed by atoms with Gasteiger partial charge in [0.25, 0.3) is 5.91 Å². The molecule has 0 bridgehead atoms. The van der Waals surface area contributed by atoms with Gasteiger partial charge in [-0.2, -0.15) is 5.26 Å². The normalized spacial score (nSPS) is 10.8. The number of nitriles is 1. The van der Waals surface area contributed by atoms with Crippen LogP contribution in [0.15, 0.2) is 54.1 Å². The average molecular weight is 282 g/mol. The monoisotopic (exact) mass is 282 g/mol. The Morgan fingerprint density at radius 1 is 1.24 bits per heavy atom. The second-order valence-electron chi connectivity index (χ2n) is 4.23. The Bertz CT molecular complexity index is 731. The maximum absolute atomic E-state index is 13.1. The van der Waals surface area contributed by atoms with E-state index in [1.807, 2.05) is 0 Å². The van der Waals surface area contributed by atoms with Crippen LogP contribution >= 0.6 is 0 Å². The second kappa shape index (κ2) is 6.35. The van der Waals surface area contributed by atoms with Crippen LogP contribution in [-0.2, 0) is 4.79 Å². The molecule has 5 heteroatoms. The predicted octanol–water partition coefficient (Wildman–Crippen LogP) is 3.08. The van der Waals surface area contributed by atoms with E-state index in [0.717, 1.165) is 0 Å². The number of phenolic OH excluding ortho intramolecular Hbond substituents is 1. The Morgan fingerprint density at radius 3 is 2.57 bits per heavy atom. The van der Waals surface area contributed by atoms with Gasteiger partial charge in [-0.25, -0.2) is 4.39 Å². The van der Waals surface area contributed by atoms with E-state index in [2.05, 4.69) is 5.32 Å². The first-order valence-corrected chi connectivity index (χ1v) is 6.06. The quantitative estimate of drug-likeness (QED) is 0.516. The third kappa shape index (κ3) is 3.91. The molecule has 0 aliphatic carbocycles. The van der Waals surface area contributed by atoms with Crippen molar-refractivity contribution in [2.75, 3.05) is 5.32 Å². The van der Waals surface area contributed by atoms with E-state index in [1.54, 1.807) is 12.1 Å². The van der Waals surface area contributed by atoms with E-state index < -0.39 is 11.7 Å². The van der Waals surface area contributed by atoms with Crippen LogP contribution in [-0.4, -0.2) is 11.0 Å². The molecule has 0 fully saturated rings. The molecule has 0 aromatic heterocycles. The average Bonchev–Trinajstić information content (AvgIpc) is 2.47. The van der Waals surface area contributed by atoms with Crippen molar-refractivity contribution in [1.29, 1.82) is 5.26 Å². The number of aromatic hydroxyl groups is 1. The molecule has 0 radical (unpaired) electrons. The van der Waals surface area contributed by atoms with Crippen molar-refractivity contribution in [1.82, 2.24) is 0 Å². The van der Waals surface area contributed by atoms with E-state index in [0.29, 0.717) is 11.3 Å². The van der Waals surface area contributed by atoms with Crippen molar-refractivity contribution in [2.24, 2.45) is 0 Å². The van der Waals surface area contributed by atoms with Crippen molar-refractivity contribution in [2.45, 2.75) is 0 Å². The molecule has 0 saturated heterocycles. The van der Waals surface area contributed by atoms with Gasteiger partial charge in [0.2, 0.25) is 0 Å². The molecule has 1 amide bonds. The summed E-state index contributed by atoms with van der Waals surface area (Å²) in [7, 11) is 0. The highest BCUT2D eigenvalue weighted by Crippen LogP contribution is 2.15. The summed E-state index contributed by atoms with van der Waals surface area (Å²) in [6.07, 6.45) is 1.30. The number of phenols is 1. The van der Waals surface area contributed by atoms with Gasteiger partial charge in [-0.1, -0.05) is 12.1 Å². The van der Waals surface area contributed by atoms with E-state index in [-0.39, 0.29) is 11.3 Å². The zero-order valence-electron chi connectivity index (χ0n) is 10.9. The van der Waals surface area contributed by atoms with Gasteiger partial charge in [0.15, 0.2) is 0 Å². The molecular formula is C16H11FN2O2. The fourth-order valence-electron chi connectivity index (χ4n) is 1.65. The molecule has 0 aliphatic rings. The molecule has 0 atom stereocenters. The summed E-state index contributed by atoms with van der Waals surface area (Å²) in [4.78, 5) is 12.0. The molecule has 2 aromatic rings. The lowest BCUT2D eigenvalue weighted by Gasteiger charge is -2.04. The largest absolute Gasteiger partial charge is 0.508 e. The van der Waals surface area contributed by atoms with Crippen molar-refractivity contribution in [3.05, 3.63) is 65.5 Å². The Hall–Kier alpha value is -3.13. The van der Waals surface area contributed by atoms with Gasteiger partial charge in [-0.15, -0.1) is 0 Å². The first-order valence-electron chi connectivity index (χ1n) is 6.06. The van der Waals surface area contributed by atoms with Crippen LogP contribution in [0, 0.1) is 17.1 Å². The first-order chi connectivity index (χ1) is 10.1. The van der Waals surface area contributed by atoms with Gasteiger partial charge in [0.1, 0.15) is 23.2 Å². The van der Waals surface area contributed by atoms with Gasteiger partial charge in [-0.3, -0.25) is 4.79 Å². The molecule has 2 N–H and O–H groups in total. The lowest BCUT2D eigenvalue weighted by atomic mass is 10.1. The van der Waals surface area contributed by atoms with E-state index in [1.165, 1.54) is 48.5 Å². The number of nitrogens with one attached hydrogen (secondary N) is 1. The fourth-order valence-corrected chi connectivity index (χ4v) is 1.65. The highest BCUT2D eigenvalue weighted by Gasteiger charge is 2.09. The highest BCUT2D eigenvalue weighted by molar-refractivity contribution is 6.09. The summed E-state index contributed by atoms with van der Waals surface area (Å²) >= 11 is 0. The van der Waals surface area contributed by atoms with E-state index in [9.17, 15) is 9.18 Å². The molecule has 2 aromatic carbocycles. The zero-order valence-corrected chi connectivity index (χ0v) is 10.9. The van der Waals surface area contributed by atoms with Crippen molar-refractivity contribution >= 4 is 17.7 Å². The maximum Gasteiger partial charge on any atom is 0.266 e. The molecule has 4 nitrogen and oxygen atoms in total. The van der Waals surface area contributed by atoms with Crippen LogP contribution in [0.1, 0.15) is 5.56 Å². The Balaban J connectivity index is 2.19. The number of nitrogens with zero attached hydrogens (tertiary/aromatic N) is 1. The van der Waals surface area contributed by atoms with Crippen LogP contribution in [0.4, 0.5) is 10.1 Å². The number of rotatable bonds is 3. The first kappa shape index (κ1) is 14.3. The molecule has 0 heterocycles. The number of carbonyl (C=O) groups excluding carboxylic acids is 1. The molecule has 104 valence electrons. The third-order valence-corrected chi connectivity index (χ3v) is 2.65. The van der Waals surface area contributed by atoms with E-state index in [4.69, 9.17) is 10.4 Å². The summed E-state index contributed by atoms with van der Waals surface area (Å²) in [5.74, 6) is -0.976. The standard InChI is InChI=1S/C16H11FN2O2/c17-13-3-1-2-11(9-13)8-12(10-18)16(21)19-14-4-6-15(20)7-5-14/h1-9,20H,(H,19,21). The topological polar surface area (TPSA) is 73.1 Å². The SMILES string of the molecule is N#CC(=Cc1cccc(F)c1)C(=O)Nc1ccc(O)cc1. The Labute approximate surface area is 120 Å². The van der Waals surface area contributed by atoms with Gasteiger partial charge in [0.05, 0.1) is 0 Å². The number of carbonyl (C=O) groups is 1. The van der Waals surface area contributed by atoms with Crippen molar-refractivity contribution in [3.63, 3.8) is 0 Å². The van der Waals surface area contributed by atoms with Gasteiger partial charge < -0.3 is 10.4 Å². The summed E-state index contributed by atoms with van der Waals surface area (Å²) in [6.45, 7) is 0. The molecule has 0 unspecified atom stereocenters. The number of hydrogen-bond donors (Lipinski definition) is 2. The highest BCUT2D eigenvalue weighted by atomic mass is 19.1. The summed E-state index contributed by atoms with van der Waals surface area (Å²) in [5.41, 5.74) is 0.722. The molecule has 0 saturated carbocycles. The Morgan fingerprint density at radius 2 is 1.95 bits per heavy atom. The number of amides is 1. The molecular weight excluding hydrogens is 271 g/mol. The minimum atomic E-state index is -0.604. The van der Waals surface area contributed by atoms with Crippen LogP contribution < -0.4 is 5.32 Å². The lowest BCUT2D eigenvalue weighted by molar-refractivity contribution is -0.112. The van der Waals surface area contributed by atoms with Crippen molar-refractivity contribution in [3.8, 4) is 11.8 Å². The second-order valence-corrected chi connectivity index (χ2v) is 4.23. The molecule has 21 heavy (non-hydrogen) atoms. The summed E-state index contributed by atoms with van der Waals surface area (Å²) < 4.78 is 13.1. The number of hydrogen-bond acceptors (Lipinski definition) is 3. The van der Waals surface area contributed by atoms with Gasteiger partial charge in [0, 0.05) is 5.69 Å². The van der Waals surface area contributed by atoms with Crippen LogP contribution in [0.2, 0.25) is 0 Å². The van der Waals surface area contributed by atoms with Gasteiger partial charge >= 0.3 is 0 Å². The van der Waals surface area contributed by atoms with Gasteiger partial charge in [-0.05, 0) is 48.0 Å². The number of anilines is 1. The minimum absolute atomic E-state index is 0.0730. The number of benzene rings is 2. The molecule has 2 rings (SSSR count). The lowest BCUT2D eigenvalue weighted by Crippen LogP contribution is -2.13. The third-order valence-electron chi connectivity index (χ3n) is 2.65. The summed E-state index contributed by atoms with van der Waals surface area (Å²) in [6, 6.07) is 13.2. The summed E-state index contributed by atoms with van der Waals surface area (Å²) in [5, 5.41) is 20.7. The van der Waals surface area contributed by atoms with Crippen LogP contribution in [0.5, 0.6) is 5.75 Å². The zero-order chi connectivity index (χ0) is 15.2. The van der Waals surface area contributed by atoms with Crippen LogP contribution in [0.25, 0.3) is 6.08 Å². The molecule has 0 aliphatic heterocycles. The number of halogens is 1. The maximum atomic E-state index is 13.1. The van der Waals surface area contributed by atoms with Crippen LogP contribution in [0.3, 0.4) is 0 Å².